The van der Waals surface area contributed by atoms with Crippen molar-refractivity contribution in [3.8, 4) is 5.75 Å². The Hall–Kier alpha value is -1.76. The number of hydrogen-bond donors (Lipinski definition) is 0. The second-order valence-electron chi connectivity index (χ2n) is 5.01. The van der Waals surface area contributed by atoms with E-state index in [4.69, 9.17) is 39.5 Å². The minimum atomic E-state index is -4.72. The highest BCUT2D eigenvalue weighted by Crippen LogP contribution is 2.44. The number of fused-ring (bicyclic) bond motifs is 1. The molecule has 130 valence electrons. The van der Waals surface area contributed by atoms with Gasteiger partial charge in [0.1, 0.15) is 0 Å². The first-order valence-electron chi connectivity index (χ1n) is 6.85. The summed E-state index contributed by atoms with van der Waals surface area (Å²) >= 11 is 18.3. The Morgan fingerprint density at radius 1 is 1.04 bits per heavy atom. The molecule has 1 aromatic carbocycles. The van der Waals surface area contributed by atoms with E-state index in [-0.39, 0.29) is 26.1 Å². The maximum absolute atomic E-state index is 13.5. The molecule has 0 N–H and O–H groups in total. The molecule has 25 heavy (non-hydrogen) atoms. The zero-order chi connectivity index (χ0) is 18.2. The van der Waals surface area contributed by atoms with Crippen LogP contribution in [0.4, 0.5) is 13.2 Å². The number of benzene rings is 1. The van der Waals surface area contributed by atoms with Gasteiger partial charge in [-0.2, -0.15) is 13.2 Å². The first-order valence-corrected chi connectivity index (χ1v) is 7.99. The largest absolute Gasteiger partial charge is 0.471 e. The number of pyridine rings is 2. The highest BCUT2D eigenvalue weighted by molar-refractivity contribution is 6.44. The molecule has 0 spiro atoms. The topological polar surface area (TPSA) is 35.0 Å². The van der Waals surface area contributed by atoms with E-state index < -0.39 is 18.0 Å². The number of aromatic nitrogens is 2. The molecule has 0 saturated heterocycles. The van der Waals surface area contributed by atoms with E-state index in [1.165, 1.54) is 24.4 Å². The van der Waals surface area contributed by atoms with Crippen molar-refractivity contribution in [3.05, 3.63) is 63.5 Å². The maximum atomic E-state index is 13.5. The van der Waals surface area contributed by atoms with Crippen molar-refractivity contribution in [3.63, 3.8) is 0 Å². The SMILES string of the molecule is FC(F)(F)C(Oc1c(Cl)nc2cccc(Cl)c2c1Cl)c1cccnc1. The van der Waals surface area contributed by atoms with Crippen molar-refractivity contribution in [2.24, 2.45) is 0 Å². The van der Waals surface area contributed by atoms with Gasteiger partial charge in [-0.05, 0) is 18.2 Å². The van der Waals surface area contributed by atoms with Gasteiger partial charge in [0, 0.05) is 23.3 Å². The number of hydrogen-bond acceptors (Lipinski definition) is 3. The van der Waals surface area contributed by atoms with Gasteiger partial charge in [0.05, 0.1) is 15.6 Å². The van der Waals surface area contributed by atoms with Crippen LogP contribution in [0.3, 0.4) is 0 Å². The summed E-state index contributed by atoms with van der Waals surface area (Å²) in [4.78, 5) is 7.70. The van der Waals surface area contributed by atoms with Crippen LogP contribution in [0.15, 0.2) is 42.7 Å². The molecule has 0 aliphatic heterocycles. The molecule has 2 aromatic heterocycles. The van der Waals surface area contributed by atoms with Gasteiger partial charge in [-0.15, -0.1) is 0 Å². The molecule has 9 heteroatoms. The Morgan fingerprint density at radius 2 is 1.80 bits per heavy atom. The molecule has 3 aromatic rings. The van der Waals surface area contributed by atoms with Crippen LogP contribution in [-0.2, 0) is 0 Å². The molecule has 0 aliphatic carbocycles. The van der Waals surface area contributed by atoms with Gasteiger partial charge in [-0.3, -0.25) is 4.98 Å². The van der Waals surface area contributed by atoms with Gasteiger partial charge in [0.2, 0.25) is 6.10 Å². The highest BCUT2D eigenvalue weighted by atomic mass is 35.5. The Morgan fingerprint density at radius 3 is 2.44 bits per heavy atom. The van der Waals surface area contributed by atoms with E-state index in [9.17, 15) is 13.2 Å². The van der Waals surface area contributed by atoms with Crippen molar-refractivity contribution < 1.29 is 17.9 Å². The van der Waals surface area contributed by atoms with E-state index in [2.05, 4.69) is 9.97 Å². The lowest BCUT2D eigenvalue weighted by molar-refractivity contribution is -0.198. The smallest absolute Gasteiger partial charge is 0.429 e. The van der Waals surface area contributed by atoms with Crippen molar-refractivity contribution in [1.29, 1.82) is 0 Å². The molecule has 3 nitrogen and oxygen atoms in total. The van der Waals surface area contributed by atoms with E-state index in [0.717, 1.165) is 6.20 Å². The quantitative estimate of drug-likeness (QED) is 0.480. The maximum Gasteiger partial charge on any atom is 0.429 e. The van der Waals surface area contributed by atoms with Gasteiger partial charge in [-0.1, -0.05) is 46.9 Å². The van der Waals surface area contributed by atoms with Crippen LogP contribution in [0.25, 0.3) is 10.9 Å². The predicted octanol–water partition coefficient (Wildman–Crippen LogP) is 6.27. The fourth-order valence-electron chi connectivity index (χ4n) is 2.26. The van der Waals surface area contributed by atoms with Crippen LogP contribution >= 0.6 is 34.8 Å². The van der Waals surface area contributed by atoms with Crippen LogP contribution in [0.5, 0.6) is 5.75 Å². The lowest BCUT2D eigenvalue weighted by atomic mass is 10.1. The number of ether oxygens (including phenoxy) is 1. The van der Waals surface area contributed by atoms with Crippen molar-refractivity contribution in [1.82, 2.24) is 9.97 Å². The lowest BCUT2D eigenvalue weighted by Crippen LogP contribution is -2.26. The Bertz CT molecular complexity index is 920. The molecule has 0 fully saturated rings. The van der Waals surface area contributed by atoms with Crippen LogP contribution in [0.2, 0.25) is 15.2 Å². The molecule has 0 bridgehead atoms. The van der Waals surface area contributed by atoms with Gasteiger partial charge < -0.3 is 4.74 Å². The summed E-state index contributed by atoms with van der Waals surface area (Å²) in [5.74, 6) is -0.393. The fourth-order valence-corrected chi connectivity index (χ4v) is 3.18. The number of alkyl halides is 3. The van der Waals surface area contributed by atoms with Crippen molar-refractivity contribution in [2.75, 3.05) is 0 Å². The van der Waals surface area contributed by atoms with E-state index in [1.807, 2.05) is 0 Å². The number of rotatable bonds is 3. The number of halogens is 6. The lowest BCUT2D eigenvalue weighted by Gasteiger charge is -2.23. The molecule has 0 amide bonds. The third-order valence-electron chi connectivity index (χ3n) is 3.34. The van der Waals surface area contributed by atoms with Crippen molar-refractivity contribution >= 4 is 45.7 Å². The molecule has 0 saturated carbocycles. The average Bonchev–Trinajstić information content (AvgIpc) is 2.54. The second kappa shape index (κ2) is 6.86. The monoisotopic (exact) mass is 406 g/mol. The second-order valence-corrected chi connectivity index (χ2v) is 6.15. The minimum Gasteiger partial charge on any atom is -0.471 e. The predicted molar refractivity (Wildman–Crippen MR) is 90.4 cm³/mol. The van der Waals surface area contributed by atoms with E-state index in [0.29, 0.717) is 5.52 Å². The number of nitrogens with zero attached hydrogens (tertiary/aromatic N) is 2. The highest BCUT2D eigenvalue weighted by Gasteiger charge is 2.44. The molecule has 3 rings (SSSR count). The summed E-state index contributed by atoms with van der Waals surface area (Å²) in [7, 11) is 0. The summed E-state index contributed by atoms with van der Waals surface area (Å²) < 4.78 is 45.5. The standard InChI is InChI=1S/C16H8Cl3F3N2O/c17-9-4-1-5-10-11(9)12(18)13(15(19)24-10)25-14(16(20,21)22)8-3-2-6-23-7-8/h1-7,14H. The zero-order valence-corrected chi connectivity index (χ0v) is 14.5. The zero-order valence-electron chi connectivity index (χ0n) is 12.2. The van der Waals surface area contributed by atoms with Gasteiger partial charge >= 0.3 is 6.18 Å². The van der Waals surface area contributed by atoms with Gasteiger partial charge in [0.25, 0.3) is 0 Å². The Kier molecular flexibility index (Phi) is 4.95. The molecular formula is C16H8Cl3F3N2O. The third-order valence-corrected chi connectivity index (χ3v) is 4.27. The minimum absolute atomic E-state index is 0.140. The van der Waals surface area contributed by atoms with Crippen LogP contribution < -0.4 is 4.74 Å². The summed E-state index contributed by atoms with van der Waals surface area (Å²) in [6.07, 6.45) is -4.61. The summed E-state index contributed by atoms with van der Waals surface area (Å²) in [5, 5.41) is 0.0513. The summed E-state index contributed by atoms with van der Waals surface area (Å²) in [5.41, 5.74) is 0.154. The molecule has 1 unspecified atom stereocenters. The molecule has 2 heterocycles. The van der Waals surface area contributed by atoms with Gasteiger partial charge in [-0.25, -0.2) is 4.98 Å². The molecule has 1 atom stereocenters. The van der Waals surface area contributed by atoms with Crippen LogP contribution in [0.1, 0.15) is 11.7 Å². The average molecular weight is 408 g/mol. The molecule has 0 aliphatic rings. The summed E-state index contributed by atoms with van der Waals surface area (Å²) in [6.45, 7) is 0. The first kappa shape index (κ1) is 18.0. The third kappa shape index (κ3) is 3.61. The summed E-state index contributed by atoms with van der Waals surface area (Å²) in [6, 6.07) is 7.37. The Balaban J connectivity index is 2.14. The Labute approximate surface area is 155 Å². The molecular weight excluding hydrogens is 400 g/mol. The van der Waals surface area contributed by atoms with Crippen LogP contribution in [0, 0.1) is 0 Å². The normalized spacial score (nSPS) is 13.0. The fraction of sp³-hybridized carbons (Fsp3) is 0.125. The van der Waals surface area contributed by atoms with Crippen molar-refractivity contribution in [2.45, 2.75) is 12.3 Å². The molecule has 0 radical (unpaired) electrons. The van der Waals surface area contributed by atoms with E-state index >= 15 is 0 Å². The van der Waals surface area contributed by atoms with E-state index in [1.54, 1.807) is 12.1 Å². The van der Waals surface area contributed by atoms with Crippen LogP contribution in [-0.4, -0.2) is 16.1 Å². The van der Waals surface area contributed by atoms with Gasteiger partial charge in [0.15, 0.2) is 10.9 Å². The first-order chi connectivity index (χ1) is 11.8.